The van der Waals surface area contributed by atoms with Crippen LogP contribution in [0, 0.1) is 5.41 Å². The largest absolute Gasteiger partial charge is 0.459 e. The first-order valence-corrected chi connectivity index (χ1v) is 13.5. The molecule has 6 nitrogen and oxygen atoms in total. The van der Waals surface area contributed by atoms with E-state index in [4.69, 9.17) is 9.47 Å². The van der Waals surface area contributed by atoms with Gasteiger partial charge in [-0.05, 0) is 95.0 Å². The Morgan fingerprint density at radius 1 is 0.842 bits per heavy atom. The number of pyridine rings is 1. The maximum Gasteiger partial charge on any atom is 0.410 e. The zero-order valence-electron chi connectivity index (χ0n) is 23.3. The summed E-state index contributed by atoms with van der Waals surface area (Å²) in [5.74, 6) is -0.168. The molecule has 2 heterocycles. The summed E-state index contributed by atoms with van der Waals surface area (Å²) in [6.45, 7) is 12.5. The van der Waals surface area contributed by atoms with Crippen LogP contribution in [0.25, 0.3) is 22.0 Å². The number of carbonyl (C=O) groups excluding carboxylic acids is 2. The van der Waals surface area contributed by atoms with Gasteiger partial charge in [-0.25, -0.2) is 4.79 Å². The van der Waals surface area contributed by atoms with E-state index in [9.17, 15) is 9.59 Å². The van der Waals surface area contributed by atoms with Crippen molar-refractivity contribution < 1.29 is 19.1 Å². The topological polar surface area (TPSA) is 68.7 Å². The highest BCUT2D eigenvalue weighted by atomic mass is 16.6. The van der Waals surface area contributed by atoms with Crippen molar-refractivity contribution in [3.05, 3.63) is 66.4 Å². The summed E-state index contributed by atoms with van der Waals surface area (Å²) in [6, 6.07) is 18.6. The van der Waals surface area contributed by atoms with Crippen molar-refractivity contribution in [1.29, 1.82) is 0 Å². The van der Waals surface area contributed by atoms with Crippen LogP contribution in [0.4, 0.5) is 4.79 Å². The van der Waals surface area contributed by atoms with E-state index in [1.165, 1.54) is 0 Å². The SMILES string of the molecule is CC(C)(C)OC(=O)N1CCC2(CC1)CC2(C(=O)OC(C)(C)C)c1ccc(-c2ccc3cccnc3c2)cc1. The van der Waals surface area contributed by atoms with Crippen molar-refractivity contribution in [2.24, 2.45) is 5.41 Å². The summed E-state index contributed by atoms with van der Waals surface area (Å²) in [7, 11) is 0. The fraction of sp³-hybridized carbons (Fsp3) is 0.469. The summed E-state index contributed by atoms with van der Waals surface area (Å²) in [4.78, 5) is 32.7. The Hall–Kier alpha value is -3.41. The van der Waals surface area contributed by atoms with E-state index < -0.39 is 16.6 Å². The average Bonchev–Trinajstić information content (AvgIpc) is 3.50. The number of rotatable bonds is 3. The lowest BCUT2D eigenvalue weighted by Gasteiger charge is -2.36. The molecule has 1 saturated heterocycles. The van der Waals surface area contributed by atoms with Crippen molar-refractivity contribution in [2.45, 2.75) is 77.4 Å². The molecule has 2 aromatic carbocycles. The van der Waals surface area contributed by atoms with Crippen molar-refractivity contribution in [2.75, 3.05) is 13.1 Å². The van der Waals surface area contributed by atoms with Crippen LogP contribution in [0.1, 0.15) is 66.4 Å². The average molecular weight is 515 g/mol. The Morgan fingerprint density at radius 3 is 2.11 bits per heavy atom. The zero-order chi connectivity index (χ0) is 27.3. The monoisotopic (exact) mass is 514 g/mol. The van der Waals surface area contributed by atoms with Gasteiger partial charge >= 0.3 is 12.1 Å². The number of carbonyl (C=O) groups is 2. The second kappa shape index (κ2) is 9.11. The molecule has 1 aliphatic carbocycles. The van der Waals surface area contributed by atoms with Crippen molar-refractivity contribution >= 4 is 23.0 Å². The summed E-state index contributed by atoms with van der Waals surface area (Å²) >= 11 is 0. The molecule has 5 rings (SSSR count). The van der Waals surface area contributed by atoms with Gasteiger partial charge in [0.2, 0.25) is 0 Å². The van der Waals surface area contributed by atoms with Crippen LogP contribution in [-0.2, 0) is 19.7 Å². The number of ether oxygens (including phenoxy) is 2. The third-order valence-electron chi connectivity index (χ3n) is 7.82. The molecule has 1 aliphatic heterocycles. The zero-order valence-corrected chi connectivity index (χ0v) is 23.3. The summed E-state index contributed by atoms with van der Waals surface area (Å²) in [5, 5.41) is 1.11. The van der Waals surface area contributed by atoms with Gasteiger partial charge in [0.05, 0.1) is 10.9 Å². The number of nitrogens with zero attached hydrogens (tertiary/aromatic N) is 2. The molecule has 38 heavy (non-hydrogen) atoms. The standard InChI is InChI=1S/C32H38N2O4/c1-29(2,3)37-27(35)32(21-31(32)15-18-34(19-16-31)28(36)38-30(4,5)6)25-13-11-22(12-14-25)24-10-9-23-8-7-17-33-26(23)20-24/h7-14,17,20H,15-16,18-19,21H2,1-6H3. The molecule has 0 radical (unpaired) electrons. The van der Waals surface area contributed by atoms with Crippen molar-refractivity contribution in [1.82, 2.24) is 9.88 Å². The number of aromatic nitrogens is 1. The third kappa shape index (κ3) is 4.89. The molecule has 1 atom stereocenters. The minimum absolute atomic E-state index is 0.168. The number of piperidine rings is 1. The number of fused-ring (bicyclic) bond motifs is 1. The second-order valence-corrected chi connectivity index (χ2v) is 12.8. The maximum atomic E-state index is 13.8. The highest BCUT2D eigenvalue weighted by Gasteiger charge is 2.73. The molecule has 0 bridgehead atoms. The van der Waals surface area contributed by atoms with Gasteiger partial charge in [-0.3, -0.25) is 9.78 Å². The summed E-state index contributed by atoms with van der Waals surface area (Å²) < 4.78 is 11.6. The Balaban J connectivity index is 1.41. The summed E-state index contributed by atoms with van der Waals surface area (Å²) in [6.07, 6.45) is 3.73. The number of hydrogen-bond donors (Lipinski definition) is 0. The fourth-order valence-electron chi connectivity index (χ4n) is 5.88. The molecular weight excluding hydrogens is 476 g/mol. The first-order chi connectivity index (χ1) is 17.8. The van der Waals surface area contributed by atoms with Crippen molar-refractivity contribution in [3.63, 3.8) is 0 Å². The minimum atomic E-state index is -0.705. The Labute approximate surface area is 225 Å². The first-order valence-electron chi connectivity index (χ1n) is 13.5. The molecule has 1 saturated carbocycles. The van der Waals surface area contributed by atoms with Crippen LogP contribution in [0.15, 0.2) is 60.8 Å². The first kappa shape index (κ1) is 26.2. The van der Waals surface area contributed by atoms with Crippen LogP contribution in [0.3, 0.4) is 0 Å². The van der Waals surface area contributed by atoms with Gasteiger partial charge in [0.25, 0.3) is 0 Å². The van der Waals surface area contributed by atoms with E-state index >= 15 is 0 Å². The molecule has 0 N–H and O–H groups in total. The highest BCUT2D eigenvalue weighted by Crippen LogP contribution is 2.70. The van der Waals surface area contributed by atoms with Crippen LogP contribution in [-0.4, -0.2) is 46.2 Å². The normalized spacial score (nSPS) is 20.8. The maximum absolute atomic E-state index is 13.8. The second-order valence-electron chi connectivity index (χ2n) is 12.8. The van der Waals surface area contributed by atoms with Crippen LogP contribution < -0.4 is 0 Å². The molecule has 200 valence electrons. The molecule has 1 spiro atoms. The highest BCUT2D eigenvalue weighted by molar-refractivity contribution is 5.90. The fourth-order valence-corrected chi connectivity index (χ4v) is 5.88. The van der Waals surface area contributed by atoms with Crippen LogP contribution >= 0.6 is 0 Å². The van der Waals surface area contributed by atoms with Crippen LogP contribution in [0.2, 0.25) is 0 Å². The van der Waals surface area contributed by atoms with E-state index in [1.54, 1.807) is 11.1 Å². The van der Waals surface area contributed by atoms with Gasteiger partial charge < -0.3 is 14.4 Å². The predicted molar refractivity (Wildman–Crippen MR) is 149 cm³/mol. The predicted octanol–water partition coefficient (Wildman–Crippen LogP) is 6.90. The molecule has 3 aromatic rings. The van der Waals surface area contributed by atoms with E-state index in [1.807, 2.05) is 47.6 Å². The third-order valence-corrected chi connectivity index (χ3v) is 7.82. The lowest BCUT2D eigenvalue weighted by atomic mass is 9.79. The molecular formula is C32H38N2O4. The molecule has 1 unspecified atom stereocenters. The lowest BCUT2D eigenvalue weighted by molar-refractivity contribution is -0.159. The van der Waals surface area contributed by atoms with Gasteiger partial charge in [-0.1, -0.05) is 42.5 Å². The minimum Gasteiger partial charge on any atom is -0.459 e. The summed E-state index contributed by atoms with van der Waals surface area (Å²) in [5.41, 5.74) is 2.07. The number of esters is 1. The van der Waals surface area contributed by atoms with Gasteiger partial charge in [-0.15, -0.1) is 0 Å². The number of hydrogen-bond acceptors (Lipinski definition) is 5. The Kier molecular flexibility index (Phi) is 6.28. The lowest BCUT2D eigenvalue weighted by Crippen LogP contribution is -2.45. The molecule has 6 heteroatoms. The number of amides is 1. The quantitative estimate of drug-likeness (QED) is 0.356. The Bertz CT molecular complexity index is 1360. The van der Waals surface area contributed by atoms with E-state index in [0.717, 1.165) is 46.9 Å². The number of likely N-dealkylation sites (tertiary alicyclic amines) is 1. The van der Waals surface area contributed by atoms with E-state index in [2.05, 4.69) is 53.5 Å². The van der Waals surface area contributed by atoms with Crippen molar-refractivity contribution in [3.8, 4) is 11.1 Å². The molecule has 1 amide bonds. The number of benzene rings is 2. The van der Waals surface area contributed by atoms with Gasteiger partial charge in [-0.2, -0.15) is 0 Å². The van der Waals surface area contributed by atoms with E-state index in [-0.39, 0.29) is 17.5 Å². The van der Waals surface area contributed by atoms with Crippen LogP contribution in [0.5, 0.6) is 0 Å². The molecule has 1 aromatic heterocycles. The smallest absolute Gasteiger partial charge is 0.410 e. The Morgan fingerprint density at radius 2 is 1.47 bits per heavy atom. The van der Waals surface area contributed by atoms with Gasteiger partial charge in [0.1, 0.15) is 11.2 Å². The van der Waals surface area contributed by atoms with E-state index in [0.29, 0.717) is 13.1 Å². The van der Waals surface area contributed by atoms with Gasteiger partial charge in [0, 0.05) is 24.7 Å². The molecule has 2 fully saturated rings. The molecule has 2 aliphatic rings. The van der Waals surface area contributed by atoms with Gasteiger partial charge in [0.15, 0.2) is 0 Å².